The topological polar surface area (TPSA) is 57.7 Å². The second kappa shape index (κ2) is 7.85. The maximum absolute atomic E-state index is 12.4. The number of anilines is 1. The van der Waals surface area contributed by atoms with E-state index in [9.17, 15) is 4.79 Å². The number of rotatable bonds is 5. The maximum Gasteiger partial charge on any atom is 0.269 e. The van der Waals surface area contributed by atoms with Gasteiger partial charge in [-0.2, -0.15) is 0 Å². The summed E-state index contributed by atoms with van der Waals surface area (Å²) in [5, 5.41) is 2.98. The molecule has 0 radical (unpaired) electrons. The maximum atomic E-state index is 12.4. The Morgan fingerprint density at radius 1 is 1.12 bits per heavy atom. The number of aromatic nitrogens is 1. The number of hydrogen-bond donors (Lipinski definition) is 1. The summed E-state index contributed by atoms with van der Waals surface area (Å²) in [7, 11) is 0. The minimum Gasteiger partial charge on any atom is -0.379 e. The molecule has 2 aliphatic rings. The molecule has 6 heteroatoms. The van der Waals surface area contributed by atoms with Gasteiger partial charge in [0.05, 0.1) is 13.2 Å². The molecule has 1 aromatic carbocycles. The fourth-order valence-corrected chi connectivity index (χ4v) is 3.50. The molecule has 4 rings (SSSR count). The molecule has 0 saturated carbocycles. The second-order valence-corrected chi connectivity index (χ2v) is 6.73. The van der Waals surface area contributed by atoms with Gasteiger partial charge < -0.3 is 15.0 Å². The fourth-order valence-electron chi connectivity index (χ4n) is 3.50. The zero-order valence-corrected chi connectivity index (χ0v) is 14.9. The molecule has 2 aromatic rings. The lowest BCUT2D eigenvalue weighted by Gasteiger charge is -2.26. The standard InChI is InChI=1S/C20H24N4O2/c25-20(22-7-8-23-9-11-26-12-10-23)19-13-18(5-6-21-19)24-14-16-3-1-2-4-17(16)15-24/h1-6,13H,7-12,14-15H2,(H,22,25). The number of nitrogens with zero attached hydrogens (tertiary/aromatic N) is 3. The van der Waals surface area contributed by atoms with Crippen LogP contribution in [0.3, 0.4) is 0 Å². The quantitative estimate of drug-likeness (QED) is 0.887. The summed E-state index contributed by atoms with van der Waals surface area (Å²) in [5.74, 6) is -0.114. The number of pyridine rings is 1. The second-order valence-electron chi connectivity index (χ2n) is 6.73. The molecular weight excluding hydrogens is 328 g/mol. The van der Waals surface area contributed by atoms with Gasteiger partial charge in [0.15, 0.2) is 0 Å². The van der Waals surface area contributed by atoms with Crippen LogP contribution in [0.2, 0.25) is 0 Å². The van der Waals surface area contributed by atoms with Crippen molar-refractivity contribution in [2.24, 2.45) is 0 Å². The van der Waals surface area contributed by atoms with E-state index in [0.717, 1.165) is 51.6 Å². The third kappa shape index (κ3) is 3.86. The Hall–Kier alpha value is -2.44. The molecule has 0 atom stereocenters. The van der Waals surface area contributed by atoms with Crippen molar-refractivity contribution in [3.05, 3.63) is 59.4 Å². The van der Waals surface area contributed by atoms with Gasteiger partial charge in [0.25, 0.3) is 5.91 Å². The van der Waals surface area contributed by atoms with E-state index in [4.69, 9.17) is 4.74 Å². The summed E-state index contributed by atoms with van der Waals surface area (Å²) >= 11 is 0. The number of fused-ring (bicyclic) bond motifs is 1. The first kappa shape index (κ1) is 17.0. The molecule has 0 bridgehead atoms. The van der Waals surface area contributed by atoms with E-state index in [1.165, 1.54) is 11.1 Å². The van der Waals surface area contributed by atoms with Crippen molar-refractivity contribution in [1.29, 1.82) is 0 Å². The SMILES string of the molecule is O=C(NCCN1CCOCC1)c1cc(N2Cc3ccccc3C2)ccn1. The highest BCUT2D eigenvalue weighted by Gasteiger charge is 2.20. The van der Waals surface area contributed by atoms with Crippen LogP contribution in [0.4, 0.5) is 5.69 Å². The zero-order chi connectivity index (χ0) is 17.8. The van der Waals surface area contributed by atoms with Crippen molar-refractivity contribution in [1.82, 2.24) is 15.2 Å². The average Bonchev–Trinajstić information content (AvgIpc) is 3.13. The normalized spacial score (nSPS) is 17.2. The highest BCUT2D eigenvalue weighted by atomic mass is 16.5. The van der Waals surface area contributed by atoms with Crippen LogP contribution < -0.4 is 10.2 Å². The summed E-state index contributed by atoms with van der Waals surface area (Å²) in [5.41, 5.74) is 4.21. The van der Waals surface area contributed by atoms with Gasteiger partial charge in [-0.1, -0.05) is 24.3 Å². The van der Waals surface area contributed by atoms with E-state index in [2.05, 4.69) is 44.4 Å². The van der Waals surface area contributed by atoms with Crippen LogP contribution in [-0.4, -0.2) is 55.2 Å². The Bertz CT molecular complexity index is 749. The van der Waals surface area contributed by atoms with Crippen LogP contribution in [0.1, 0.15) is 21.6 Å². The van der Waals surface area contributed by atoms with E-state index in [-0.39, 0.29) is 5.91 Å². The lowest BCUT2D eigenvalue weighted by atomic mass is 10.1. The molecule has 26 heavy (non-hydrogen) atoms. The van der Waals surface area contributed by atoms with Crippen molar-refractivity contribution < 1.29 is 9.53 Å². The van der Waals surface area contributed by atoms with Gasteiger partial charge in [-0.25, -0.2) is 0 Å². The van der Waals surface area contributed by atoms with Crippen molar-refractivity contribution in [3.63, 3.8) is 0 Å². The van der Waals surface area contributed by atoms with E-state index in [1.807, 2.05) is 12.1 Å². The Labute approximate surface area is 153 Å². The number of ether oxygens (including phenoxy) is 1. The summed E-state index contributed by atoms with van der Waals surface area (Å²) in [6, 6.07) is 12.3. The van der Waals surface area contributed by atoms with Crippen LogP contribution in [-0.2, 0) is 17.8 Å². The van der Waals surface area contributed by atoms with Gasteiger partial charge in [0, 0.05) is 51.2 Å². The van der Waals surface area contributed by atoms with Gasteiger partial charge in [0.2, 0.25) is 0 Å². The third-order valence-corrected chi connectivity index (χ3v) is 5.00. The molecule has 1 fully saturated rings. The van der Waals surface area contributed by atoms with Gasteiger partial charge in [-0.15, -0.1) is 0 Å². The molecule has 3 heterocycles. The highest BCUT2D eigenvalue weighted by molar-refractivity contribution is 5.93. The molecule has 136 valence electrons. The molecule has 1 N–H and O–H groups in total. The van der Waals surface area contributed by atoms with Gasteiger partial charge in [0.1, 0.15) is 5.69 Å². The van der Waals surface area contributed by atoms with Crippen LogP contribution in [0, 0.1) is 0 Å². The number of carbonyl (C=O) groups is 1. The van der Waals surface area contributed by atoms with E-state index in [1.54, 1.807) is 6.20 Å². The smallest absolute Gasteiger partial charge is 0.269 e. The zero-order valence-electron chi connectivity index (χ0n) is 14.9. The first-order valence-electron chi connectivity index (χ1n) is 9.16. The van der Waals surface area contributed by atoms with Gasteiger partial charge in [-0.3, -0.25) is 14.7 Å². The number of nitrogens with one attached hydrogen (secondary N) is 1. The van der Waals surface area contributed by atoms with Crippen molar-refractivity contribution >= 4 is 11.6 Å². The number of carbonyl (C=O) groups excluding carboxylic acids is 1. The predicted molar refractivity (Wildman–Crippen MR) is 100 cm³/mol. The monoisotopic (exact) mass is 352 g/mol. The Morgan fingerprint density at radius 2 is 1.85 bits per heavy atom. The van der Waals surface area contributed by atoms with E-state index < -0.39 is 0 Å². The lowest BCUT2D eigenvalue weighted by molar-refractivity contribution is 0.0383. The van der Waals surface area contributed by atoms with Gasteiger partial charge in [-0.05, 0) is 23.3 Å². The number of morpholine rings is 1. The molecule has 1 amide bonds. The van der Waals surface area contributed by atoms with Crippen molar-refractivity contribution in [2.75, 3.05) is 44.3 Å². The van der Waals surface area contributed by atoms with E-state index in [0.29, 0.717) is 12.2 Å². The van der Waals surface area contributed by atoms with Crippen LogP contribution in [0.5, 0.6) is 0 Å². The Balaban J connectivity index is 1.34. The summed E-state index contributed by atoms with van der Waals surface area (Å²) in [6.45, 7) is 6.62. The van der Waals surface area contributed by atoms with Crippen molar-refractivity contribution in [3.8, 4) is 0 Å². The first-order chi connectivity index (χ1) is 12.8. The minimum absolute atomic E-state index is 0.114. The molecule has 1 aromatic heterocycles. The molecule has 0 spiro atoms. The number of hydrogen-bond acceptors (Lipinski definition) is 5. The molecule has 6 nitrogen and oxygen atoms in total. The average molecular weight is 352 g/mol. The van der Waals surface area contributed by atoms with Crippen LogP contribution >= 0.6 is 0 Å². The lowest BCUT2D eigenvalue weighted by Crippen LogP contribution is -2.41. The third-order valence-electron chi connectivity index (χ3n) is 5.00. The molecule has 2 aliphatic heterocycles. The van der Waals surface area contributed by atoms with E-state index >= 15 is 0 Å². The van der Waals surface area contributed by atoms with Crippen LogP contribution in [0.25, 0.3) is 0 Å². The molecular formula is C20H24N4O2. The molecule has 0 aliphatic carbocycles. The summed E-state index contributed by atoms with van der Waals surface area (Å²) < 4.78 is 5.34. The number of benzene rings is 1. The fraction of sp³-hybridized carbons (Fsp3) is 0.400. The summed E-state index contributed by atoms with van der Waals surface area (Å²) in [4.78, 5) is 21.3. The largest absolute Gasteiger partial charge is 0.379 e. The highest BCUT2D eigenvalue weighted by Crippen LogP contribution is 2.27. The Kier molecular flexibility index (Phi) is 5.13. The first-order valence-corrected chi connectivity index (χ1v) is 9.16. The van der Waals surface area contributed by atoms with Crippen molar-refractivity contribution in [2.45, 2.75) is 13.1 Å². The number of amides is 1. The predicted octanol–water partition coefficient (Wildman–Crippen LogP) is 1.66. The molecule has 1 saturated heterocycles. The minimum atomic E-state index is -0.114. The molecule has 0 unspecified atom stereocenters. The van der Waals surface area contributed by atoms with Gasteiger partial charge >= 0.3 is 0 Å². The summed E-state index contributed by atoms with van der Waals surface area (Å²) in [6.07, 6.45) is 1.72. The van der Waals surface area contributed by atoms with Crippen LogP contribution in [0.15, 0.2) is 42.6 Å². The Morgan fingerprint density at radius 3 is 2.58 bits per heavy atom.